The molecule has 0 unspecified atom stereocenters. The quantitative estimate of drug-likeness (QED) is 0.855. The van der Waals surface area contributed by atoms with Gasteiger partial charge in [-0.1, -0.05) is 0 Å². The molecule has 5 heteroatoms. The van der Waals surface area contributed by atoms with E-state index >= 15 is 0 Å². The van der Waals surface area contributed by atoms with Gasteiger partial charge in [-0.15, -0.1) is 0 Å². The molecule has 0 aliphatic carbocycles. The van der Waals surface area contributed by atoms with Gasteiger partial charge in [-0.25, -0.2) is 0 Å². The van der Waals surface area contributed by atoms with Crippen LogP contribution in [0, 0.1) is 0 Å². The lowest BCUT2D eigenvalue weighted by molar-refractivity contribution is 0.174. The molecule has 1 aromatic carbocycles. The van der Waals surface area contributed by atoms with E-state index in [9.17, 15) is 0 Å². The predicted octanol–water partition coefficient (Wildman–Crippen LogP) is 2.62. The van der Waals surface area contributed by atoms with Crippen LogP contribution in [0.3, 0.4) is 0 Å². The van der Waals surface area contributed by atoms with Crippen molar-refractivity contribution in [3.8, 4) is 22.8 Å². The molecule has 0 atom stereocenters. The highest BCUT2D eigenvalue weighted by Gasteiger charge is 2.20. The Balaban J connectivity index is 2.05. The van der Waals surface area contributed by atoms with Gasteiger partial charge in [0.15, 0.2) is 11.5 Å². The monoisotopic (exact) mass is 259 g/mol. The van der Waals surface area contributed by atoms with Crippen molar-refractivity contribution in [2.75, 3.05) is 12.5 Å². The summed E-state index contributed by atoms with van der Waals surface area (Å²) < 4.78 is 12.6. The Morgan fingerprint density at radius 3 is 2.63 bits per heavy atom. The standard InChI is InChI=1S/C14H17N3O2/c1-14(2,3)17-7-10(15)13(16-17)9-4-5-11-12(6-9)19-8-18-11/h4-7H,8,15H2,1-3H3. The number of hydrogen-bond acceptors (Lipinski definition) is 4. The SMILES string of the molecule is CC(C)(C)n1cc(N)c(-c2ccc3c(c2)OCO3)n1. The molecule has 3 rings (SSSR count). The number of rotatable bonds is 1. The molecule has 1 aliphatic heterocycles. The van der Waals surface area contributed by atoms with Crippen LogP contribution in [0.25, 0.3) is 11.3 Å². The summed E-state index contributed by atoms with van der Waals surface area (Å²) in [5.74, 6) is 1.50. The molecule has 2 aromatic rings. The third kappa shape index (κ3) is 2.01. The molecule has 1 aromatic heterocycles. The Kier molecular flexibility index (Phi) is 2.45. The van der Waals surface area contributed by atoms with Gasteiger partial charge in [0.1, 0.15) is 5.69 Å². The smallest absolute Gasteiger partial charge is 0.231 e. The van der Waals surface area contributed by atoms with Gasteiger partial charge in [-0.2, -0.15) is 5.10 Å². The molecule has 0 radical (unpaired) electrons. The fourth-order valence-electron chi connectivity index (χ4n) is 2.00. The Hall–Kier alpha value is -2.17. The number of aromatic nitrogens is 2. The van der Waals surface area contributed by atoms with Crippen molar-refractivity contribution in [3.63, 3.8) is 0 Å². The number of fused-ring (bicyclic) bond motifs is 1. The number of nitrogens with zero attached hydrogens (tertiary/aromatic N) is 2. The topological polar surface area (TPSA) is 62.3 Å². The largest absolute Gasteiger partial charge is 0.454 e. The van der Waals surface area contributed by atoms with Crippen molar-refractivity contribution < 1.29 is 9.47 Å². The first-order valence-corrected chi connectivity index (χ1v) is 6.21. The fraction of sp³-hybridized carbons (Fsp3) is 0.357. The zero-order chi connectivity index (χ0) is 13.6. The first kappa shape index (κ1) is 11.9. The molecule has 1 aliphatic rings. The van der Waals surface area contributed by atoms with E-state index in [1.54, 1.807) is 0 Å². The van der Waals surface area contributed by atoms with Crippen LogP contribution in [-0.2, 0) is 5.54 Å². The van der Waals surface area contributed by atoms with Gasteiger partial charge in [0, 0.05) is 11.8 Å². The maximum absolute atomic E-state index is 6.06. The molecule has 2 N–H and O–H groups in total. The van der Waals surface area contributed by atoms with E-state index in [-0.39, 0.29) is 12.3 Å². The summed E-state index contributed by atoms with van der Waals surface area (Å²) in [6, 6.07) is 5.74. The fourth-order valence-corrected chi connectivity index (χ4v) is 2.00. The van der Waals surface area contributed by atoms with Crippen molar-refractivity contribution in [2.24, 2.45) is 0 Å². The summed E-state index contributed by atoms with van der Waals surface area (Å²) in [6.07, 6.45) is 1.86. The van der Waals surface area contributed by atoms with Gasteiger partial charge in [0.25, 0.3) is 0 Å². The van der Waals surface area contributed by atoms with Crippen LogP contribution < -0.4 is 15.2 Å². The molecular formula is C14H17N3O2. The van der Waals surface area contributed by atoms with Gasteiger partial charge in [-0.3, -0.25) is 4.68 Å². The zero-order valence-electron chi connectivity index (χ0n) is 11.3. The number of nitrogens with two attached hydrogens (primary N) is 1. The lowest BCUT2D eigenvalue weighted by atomic mass is 10.1. The van der Waals surface area contributed by atoms with Gasteiger partial charge in [0.2, 0.25) is 6.79 Å². The molecule has 100 valence electrons. The molecule has 0 fully saturated rings. The second-order valence-electron chi connectivity index (χ2n) is 5.62. The molecule has 0 spiro atoms. The number of nitrogen functional groups attached to an aromatic ring is 1. The van der Waals surface area contributed by atoms with Gasteiger partial charge >= 0.3 is 0 Å². The van der Waals surface area contributed by atoms with E-state index in [0.29, 0.717) is 5.69 Å². The maximum Gasteiger partial charge on any atom is 0.231 e. The number of hydrogen-bond donors (Lipinski definition) is 1. The minimum atomic E-state index is -0.0945. The van der Waals surface area contributed by atoms with Crippen molar-refractivity contribution >= 4 is 5.69 Å². The number of ether oxygens (including phenoxy) is 2. The van der Waals surface area contributed by atoms with Crippen LogP contribution in [0.4, 0.5) is 5.69 Å². The highest BCUT2D eigenvalue weighted by molar-refractivity contribution is 5.74. The van der Waals surface area contributed by atoms with Gasteiger partial charge < -0.3 is 15.2 Å². The zero-order valence-corrected chi connectivity index (χ0v) is 11.3. The van der Waals surface area contributed by atoms with Crippen LogP contribution in [0.15, 0.2) is 24.4 Å². The summed E-state index contributed by atoms with van der Waals surface area (Å²) in [4.78, 5) is 0. The Morgan fingerprint density at radius 1 is 1.21 bits per heavy atom. The van der Waals surface area contributed by atoms with E-state index in [1.807, 2.05) is 29.1 Å². The second-order valence-corrected chi connectivity index (χ2v) is 5.62. The Morgan fingerprint density at radius 2 is 1.95 bits per heavy atom. The summed E-state index contributed by atoms with van der Waals surface area (Å²) in [6.45, 7) is 6.53. The van der Waals surface area contributed by atoms with Gasteiger partial charge in [-0.05, 0) is 39.0 Å². The molecule has 0 saturated heterocycles. The Labute approximate surface area is 111 Å². The minimum absolute atomic E-state index is 0.0945. The van der Waals surface area contributed by atoms with Crippen LogP contribution in [0.2, 0.25) is 0 Å². The van der Waals surface area contributed by atoms with Crippen molar-refractivity contribution in [3.05, 3.63) is 24.4 Å². The highest BCUT2D eigenvalue weighted by atomic mass is 16.7. The van der Waals surface area contributed by atoms with Crippen molar-refractivity contribution in [1.29, 1.82) is 0 Å². The lowest BCUT2D eigenvalue weighted by Gasteiger charge is -2.18. The molecule has 2 heterocycles. The Bertz CT molecular complexity index is 626. The van der Waals surface area contributed by atoms with E-state index < -0.39 is 0 Å². The summed E-state index contributed by atoms with van der Waals surface area (Å²) in [7, 11) is 0. The molecule has 5 nitrogen and oxygen atoms in total. The third-order valence-electron chi connectivity index (χ3n) is 3.08. The minimum Gasteiger partial charge on any atom is -0.454 e. The van der Waals surface area contributed by atoms with Crippen LogP contribution >= 0.6 is 0 Å². The van der Waals surface area contributed by atoms with Crippen LogP contribution in [0.5, 0.6) is 11.5 Å². The summed E-state index contributed by atoms with van der Waals surface area (Å²) in [5.41, 5.74) is 8.33. The molecule has 0 bridgehead atoms. The summed E-state index contributed by atoms with van der Waals surface area (Å²) >= 11 is 0. The lowest BCUT2D eigenvalue weighted by Crippen LogP contribution is -2.22. The molecule has 19 heavy (non-hydrogen) atoms. The van der Waals surface area contributed by atoms with E-state index in [1.165, 1.54) is 0 Å². The number of benzene rings is 1. The highest BCUT2D eigenvalue weighted by Crippen LogP contribution is 2.37. The number of anilines is 1. The van der Waals surface area contributed by atoms with Crippen molar-refractivity contribution in [2.45, 2.75) is 26.3 Å². The molecule has 0 saturated carbocycles. The molecule has 0 amide bonds. The average Bonchev–Trinajstić information content (AvgIpc) is 2.92. The predicted molar refractivity (Wildman–Crippen MR) is 73.2 cm³/mol. The summed E-state index contributed by atoms with van der Waals surface area (Å²) in [5, 5.41) is 4.57. The maximum atomic E-state index is 6.06. The van der Waals surface area contributed by atoms with E-state index in [0.717, 1.165) is 22.8 Å². The van der Waals surface area contributed by atoms with Crippen LogP contribution in [-0.4, -0.2) is 16.6 Å². The normalized spacial score (nSPS) is 13.8. The van der Waals surface area contributed by atoms with E-state index in [4.69, 9.17) is 15.2 Å². The third-order valence-corrected chi connectivity index (χ3v) is 3.08. The van der Waals surface area contributed by atoms with Gasteiger partial charge in [0.05, 0.1) is 11.2 Å². The molecular weight excluding hydrogens is 242 g/mol. The van der Waals surface area contributed by atoms with E-state index in [2.05, 4.69) is 25.9 Å². The van der Waals surface area contributed by atoms with Crippen molar-refractivity contribution in [1.82, 2.24) is 9.78 Å². The first-order chi connectivity index (χ1) is 8.95. The van der Waals surface area contributed by atoms with Crippen LogP contribution in [0.1, 0.15) is 20.8 Å². The average molecular weight is 259 g/mol. The second kappa shape index (κ2) is 3.91. The first-order valence-electron chi connectivity index (χ1n) is 6.21.